The molecule has 0 unspecified atom stereocenters. The summed E-state index contributed by atoms with van der Waals surface area (Å²) in [7, 11) is 0. The first-order chi connectivity index (χ1) is 22.8. The second kappa shape index (κ2) is 10.8. The molecule has 9 rings (SSSR count). The molecule has 0 bridgehead atoms. The predicted molar refractivity (Wildman–Crippen MR) is 191 cm³/mol. The first-order valence-corrected chi connectivity index (χ1v) is 15.5. The first kappa shape index (κ1) is 26.2. The molecule has 214 valence electrons. The zero-order valence-corrected chi connectivity index (χ0v) is 24.9. The fraction of sp³-hybridized carbons (Fsp3) is 0. The number of hydrogen-bond acceptors (Lipinski definition) is 3. The van der Waals surface area contributed by atoms with E-state index in [9.17, 15) is 0 Å². The molecule has 0 aliphatic rings. The summed E-state index contributed by atoms with van der Waals surface area (Å²) in [5.74, 6) is 0. The van der Waals surface area contributed by atoms with Gasteiger partial charge in [-0.1, -0.05) is 84.9 Å². The lowest BCUT2D eigenvalue weighted by Crippen LogP contribution is -1.91. The van der Waals surface area contributed by atoms with Crippen molar-refractivity contribution in [2.24, 2.45) is 0 Å². The van der Waals surface area contributed by atoms with E-state index >= 15 is 0 Å². The van der Waals surface area contributed by atoms with E-state index in [1.807, 2.05) is 48.9 Å². The molecule has 6 aromatic carbocycles. The van der Waals surface area contributed by atoms with Gasteiger partial charge in [0.05, 0.1) is 17.1 Å². The molecule has 3 aromatic heterocycles. The van der Waals surface area contributed by atoms with Crippen molar-refractivity contribution in [3.63, 3.8) is 0 Å². The number of nitrogens with zero attached hydrogens (tertiary/aromatic N) is 3. The molecule has 0 aliphatic carbocycles. The lowest BCUT2D eigenvalue weighted by atomic mass is 9.87. The van der Waals surface area contributed by atoms with Gasteiger partial charge < -0.3 is 0 Å². The van der Waals surface area contributed by atoms with Crippen molar-refractivity contribution in [2.45, 2.75) is 0 Å². The first-order valence-electron chi connectivity index (χ1n) is 15.5. The van der Waals surface area contributed by atoms with Gasteiger partial charge in [0.15, 0.2) is 0 Å². The highest BCUT2D eigenvalue weighted by atomic mass is 14.7. The third kappa shape index (κ3) is 4.41. The summed E-state index contributed by atoms with van der Waals surface area (Å²) in [6.45, 7) is 0. The van der Waals surface area contributed by atoms with Gasteiger partial charge in [-0.25, -0.2) is 0 Å². The molecule has 0 amide bonds. The largest absolute Gasteiger partial charge is 0.256 e. The highest BCUT2D eigenvalue weighted by Crippen LogP contribution is 2.42. The van der Waals surface area contributed by atoms with Crippen LogP contribution < -0.4 is 0 Å². The number of pyridine rings is 3. The van der Waals surface area contributed by atoms with Gasteiger partial charge in [0.25, 0.3) is 0 Å². The van der Waals surface area contributed by atoms with Crippen LogP contribution >= 0.6 is 0 Å². The van der Waals surface area contributed by atoms with Gasteiger partial charge >= 0.3 is 0 Å². The number of hydrogen-bond donors (Lipinski definition) is 0. The van der Waals surface area contributed by atoms with Crippen molar-refractivity contribution in [3.8, 4) is 56.0 Å². The Hall–Kier alpha value is -6.19. The van der Waals surface area contributed by atoms with Gasteiger partial charge in [0, 0.05) is 35.3 Å². The fourth-order valence-electron chi connectivity index (χ4n) is 6.82. The molecule has 0 radical (unpaired) electrons. The topological polar surface area (TPSA) is 38.7 Å². The van der Waals surface area contributed by atoms with E-state index in [0.29, 0.717) is 0 Å². The quantitative estimate of drug-likeness (QED) is 0.189. The molecule has 0 atom stereocenters. The summed E-state index contributed by atoms with van der Waals surface area (Å²) in [5.41, 5.74) is 10.8. The molecule has 9 aromatic rings. The molecule has 0 spiro atoms. The van der Waals surface area contributed by atoms with Crippen molar-refractivity contribution < 1.29 is 0 Å². The summed E-state index contributed by atoms with van der Waals surface area (Å²) in [6, 6.07) is 51.7. The molecule has 0 N–H and O–H groups in total. The van der Waals surface area contributed by atoms with Crippen molar-refractivity contribution in [1.29, 1.82) is 0 Å². The second-order valence-corrected chi connectivity index (χ2v) is 11.7. The van der Waals surface area contributed by atoms with Crippen LogP contribution in [0, 0.1) is 0 Å². The molecule has 0 aliphatic heterocycles. The van der Waals surface area contributed by atoms with E-state index in [0.717, 1.165) is 44.9 Å². The van der Waals surface area contributed by atoms with Crippen molar-refractivity contribution in [1.82, 2.24) is 15.0 Å². The number of aromatic nitrogens is 3. The van der Waals surface area contributed by atoms with Crippen LogP contribution in [0.3, 0.4) is 0 Å². The van der Waals surface area contributed by atoms with Crippen LogP contribution in [0.2, 0.25) is 0 Å². The van der Waals surface area contributed by atoms with Crippen molar-refractivity contribution in [3.05, 3.63) is 164 Å². The van der Waals surface area contributed by atoms with E-state index in [2.05, 4.69) is 130 Å². The highest BCUT2D eigenvalue weighted by molar-refractivity contribution is 6.27. The van der Waals surface area contributed by atoms with Crippen LogP contribution in [0.15, 0.2) is 164 Å². The molecule has 0 fully saturated rings. The SMILES string of the molecule is c1ccc(-c2cc(-c3cccc(-c4ccc5ccc6c(-c7ccccn7)ccc7ccc4c5c76)c3)cc(-c3ccccn3)c2)nc1. The zero-order valence-electron chi connectivity index (χ0n) is 24.9. The molecular weight excluding hydrogens is 558 g/mol. The summed E-state index contributed by atoms with van der Waals surface area (Å²) in [5, 5.41) is 7.56. The molecule has 0 saturated heterocycles. The van der Waals surface area contributed by atoms with E-state index in [1.54, 1.807) is 0 Å². The average Bonchev–Trinajstić information content (AvgIpc) is 3.14. The van der Waals surface area contributed by atoms with Gasteiger partial charge in [-0.15, -0.1) is 0 Å². The standard InChI is InChI=1S/C43H27N3/c1-4-21-44-39(10-1)33-25-32(26-34(27-33)40-11-2-5-22-45-40)30-8-7-9-31(24-30)35-17-13-28-16-20-38-36(41-12-3-6-23-46-41)18-14-29-15-19-37(35)42(28)43(29)38/h1-27H. The van der Waals surface area contributed by atoms with Gasteiger partial charge in [0.2, 0.25) is 0 Å². The van der Waals surface area contributed by atoms with Gasteiger partial charge in [-0.3, -0.25) is 15.0 Å². The summed E-state index contributed by atoms with van der Waals surface area (Å²) < 4.78 is 0. The molecule has 3 heteroatoms. The molecule has 0 saturated carbocycles. The minimum Gasteiger partial charge on any atom is -0.256 e. The normalized spacial score (nSPS) is 11.5. The predicted octanol–water partition coefficient (Wildman–Crippen LogP) is 11.1. The Morgan fingerprint density at radius 1 is 0.304 bits per heavy atom. The van der Waals surface area contributed by atoms with E-state index in [1.165, 1.54) is 43.4 Å². The molecular formula is C43H27N3. The Balaban J connectivity index is 1.22. The zero-order chi connectivity index (χ0) is 30.5. The van der Waals surface area contributed by atoms with Crippen LogP contribution in [0.1, 0.15) is 0 Å². The maximum Gasteiger partial charge on any atom is 0.0708 e. The molecule has 46 heavy (non-hydrogen) atoms. The third-order valence-electron chi connectivity index (χ3n) is 8.97. The van der Waals surface area contributed by atoms with Crippen molar-refractivity contribution in [2.75, 3.05) is 0 Å². The Kier molecular flexibility index (Phi) is 6.14. The Labute approximate surface area is 266 Å². The lowest BCUT2D eigenvalue weighted by molar-refractivity contribution is 1.31. The number of rotatable bonds is 5. The third-order valence-corrected chi connectivity index (χ3v) is 8.97. The minimum absolute atomic E-state index is 0.939. The second-order valence-electron chi connectivity index (χ2n) is 11.7. The van der Waals surface area contributed by atoms with Crippen molar-refractivity contribution >= 4 is 32.3 Å². The summed E-state index contributed by atoms with van der Waals surface area (Å²) in [6.07, 6.45) is 5.55. The average molecular weight is 586 g/mol. The maximum atomic E-state index is 4.68. The monoisotopic (exact) mass is 585 g/mol. The van der Waals surface area contributed by atoms with Crippen LogP contribution in [0.4, 0.5) is 0 Å². The van der Waals surface area contributed by atoms with E-state index in [-0.39, 0.29) is 0 Å². The Morgan fingerprint density at radius 2 is 0.783 bits per heavy atom. The van der Waals surface area contributed by atoms with Crippen LogP contribution in [0.5, 0.6) is 0 Å². The number of benzene rings is 6. The lowest BCUT2D eigenvalue weighted by Gasteiger charge is -2.17. The summed E-state index contributed by atoms with van der Waals surface area (Å²) in [4.78, 5) is 14.0. The molecule has 3 heterocycles. The minimum atomic E-state index is 0.939. The van der Waals surface area contributed by atoms with Crippen LogP contribution in [-0.2, 0) is 0 Å². The van der Waals surface area contributed by atoms with E-state index in [4.69, 9.17) is 0 Å². The summed E-state index contributed by atoms with van der Waals surface area (Å²) >= 11 is 0. The Bertz CT molecular complexity index is 2450. The van der Waals surface area contributed by atoms with Crippen LogP contribution in [0.25, 0.3) is 88.3 Å². The van der Waals surface area contributed by atoms with Crippen LogP contribution in [-0.4, -0.2) is 15.0 Å². The molecule has 3 nitrogen and oxygen atoms in total. The van der Waals surface area contributed by atoms with Gasteiger partial charge in [0.1, 0.15) is 0 Å². The maximum absolute atomic E-state index is 4.68. The highest BCUT2D eigenvalue weighted by Gasteiger charge is 2.16. The van der Waals surface area contributed by atoms with Gasteiger partial charge in [-0.05, 0) is 115 Å². The van der Waals surface area contributed by atoms with E-state index < -0.39 is 0 Å². The smallest absolute Gasteiger partial charge is 0.0708 e. The fourth-order valence-corrected chi connectivity index (χ4v) is 6.82. The Morgan fingerprint density at radius 3 is 1.37 bits per heavy atom. The van der Waals surface area contributed by atoms with Gasteiger partial charge in [-0.2, -0.15) is 0 Å².